The van der Waals surface area contributed by atoms with E-state index in [-0.39, 0.29) is 0 Å². The summed E-state index contributed by atoms with van der Waals surface area (Å²) in [4.78, 5) is 48.3. The monoisotopic (exact) mass is 289 g/mol. The fourth-order valence-corrected chi connectivity index (χ4v) is 0.285. The van der Waals surface area contributed by atoms with Crippen LogP contribution >= 0.6 is 0 Å². The first-order valence-electron chi connectivity index (χ1n) is 3.01. The van der Waals surface area contributed by atoms with Gasteiger partial charge in [-0.15, -0.1) is 0 Å². The summed E-state index contributed by atoms with van der Waals surface area (Å²) in [5.74, 6) is -2.65. The van der Waals surface area contributed by atoms with E-state index < -0.39 is 33.9 Å². The minimum atomic E-state index is -1.11. The second-order valence-corrected chi connectivity index (χ2v) is 2.74. The third kappa shape index (κ3) is 13.2. The Hall–Kier alpha value is -1.41. The molecule has 0 aliphatic rings. The summed E-state index contributed by atoms with van der Waals surface area (Å²) < 4.78 is 6.71. The van der Waals surface area contributed by atoms with Gasteiger partial charge in [0.25, 0.3) is 0 Å². The van der Waals surface area contributed by atoms with Gasteiger partial charge in [-0.25, -0.2) is 4.79 Å². The van der Waals surface area contributed by atoms with E-state index in [1.807, 2.05) is 0 Å². The van der Waals surface area contributed by atoms with E-state index >= 15 is 0 Å². The zero-order valence-corrected chi connectivity index (χ0v) is 8.92. The van der Waals surface area contributed by atoms with Gasteiger partial charge in [0.2, 0.25) is 5.78 Å². The molecule has 0 saturated heterocycles. The van der Waals surface area contributed by atoms with Crippen molar-refractivity contribution in [2.24, 2.45) is 0 Å². The first-order valence-corrected chi connectivity index (χ1v) is 4.65. The van der Waals surface area contributed by atoms with Gasteiger partial charge in [-0.3, -0.25) is 9.59 Å². The third-order valence-corrected chi connectivity index (χ3v) is 0.926. The molecular weight excluding hydrogens is 283 g/mol. The van der Waals surface area contributed by atoms with Crippen molar-refractivity contribution in [2.45, 2.75) is 13.8 Å². The molecule has 6 nitrogen and oxygen atoms in total. The first-order chi connectivity index (χ1) is 6.45. The summed E-state index contributed by atoms with van der Waals surface area (Å²) in [5, 5.41) is 0. The van der Waals surface area contributed by atoms with E-state index in [2.05, 4.69) is 4.74 Å². The molecule has 0 aromatic heterocycles. The molecule has 0 aromatic rings. The molecule has 14 heavy (non-hydrogen) atoms. The molecule has 0 rings (SSSR count). The third-order valence-electron chi connectivity index (χ3n) is 0.592. The van der Waals surface area contributed by atoms with Crippen molar-refractivity contribution in [3.8, 4) is 0 Å². The summed E-state index contributed by atoms with van der Waals surface area (Å²) in [5.41, 5.74) is 0. The Morgan fingerprint density at radius 1 is 1.07 bits per heavy atom. The van der Waals surface area contributed by atoms with E-state index in [1.165, 1.54) is 8.95 Å². The maximum atomic E-state index is 10.2. The molecule has 79 valence electrons. The molecule has 0 spiro atoms. The minimum absolute atomic E-state index is 0.704. The van der Waals surface area contributed by atoms with Gasteiger partial charge in [0.05, 0.1) is 0 Å². The molecule has 0 bridgehead atoms. The van der Waals surface area contributed by atoms with Crippen LogP contribution in [0.2, 0.25) is 0 Å². The van der Waals surface area contributed by atoms with Crippen LogP contribution in [0, 0.1) is 0 Å². The molecule has 0 radical (unpaired) electrons. The average Bonchev–Trinajstić information content (AvgIpc) is 2.05. The predicted molar refractivity (Wildman–Crippen MR) is 38.8 cm³/mol. The van der Waals surface area contributed by atoms with Gasteiger partial charge in [0.1, 0.15) is 0 Å². The molecule has 0 aromatic carbocycles. The van der Waals surface area contributed by atoms with Crippen LogP contribution in [-0.2, 0) is 44.9 Å². The molecule has 0 N–H and O–H groups in total. The fraction of sp³-hybridized carbons (Fsp3) is 0.286. The van der Waals surface area contributed by atoms with Crippen molar-refractivity contribution < 1.29 is 44.9 Å². The Kier molecular flexibility index (Phi) is 10.4. The van der Waals surface area contributed by atoms with Crippen molar-refractivity contribution in [1.82, 2.24) is 0 Å². The van der Waals surface area contributed by atoms with Gasteiger partial charge in [-0.2, -0.15) is 0 Å². The van der Waals surface area contributed by atoms with Gasteiger partial charge < -0.3 is 4.74 Å². The van der Waals surface area contributed by atoms with Crippen molar-refractivity contribution in [1.29, 1.82) is 0 Å². The second kappa shape index (κ2) is 9.68. The zero-order chi connectivity index (χ0) is 11.6. The Morgan fingerprint density at radius 2 is 1.50 bits per heavy atom. The summed E-state index contributed by atoms with van der Waals surface area (Å²) in [6.45, 7) is 2.09. The van der Waals surface area contributed by atoms with E-state index in [1.54, 1.807) is 0 Å². The van der Waals surface area contributed by atoms with Gasteiger partial charge in [-0.1, -0.05) is 0 Å². The Labute approximate surface area is 85.9 Å². The second-order valence-electron chi connectivity index (χ2n) is 1.66. The number of ketones is 1. The number of carbonyl (C=O) groups is 3. The van der Waals surface area contributed by atoms with Crippen LogP contribution in [0.15, 0.2) is 0 Å². The summed E-state index contributed by atoms with van der Waals surface area (Å²) in [6.07, 6.45) is 0. The maximum absolute atomic E-state index is 10.2. The Morgan fingerprint density at radius 3 is 1.57 bits per heavy atom. The first kappa shape index (κ1) is 15.1. The van der Waals surface area contributed by atoms with Crippen LogP contribution < -0.4 is 0 Å². The molecule has 0 saturated carbocycles. The standard InChI is InChI=1S/C5H6O4.2CO.Rh/c1-3(6)5(8)9-4(2)7;2*1-2;/h1-2H3;;;. The average molecular weight is 289 g/mol. The van der Waals surface area contributed by atoms with Gasteiger partial charge in [0.15, 0.2) is 0 Å². The summed E-state index contributed by atoms with van der Waals surface area (Å²) >= 11 is -0.704. The molecule has 0 unspecified atom stereocenters. The summed E-state index contributed by atoms with van der Waals surface area (Å²) in [7, 11) is 0. The molecule has 0 atom stereocenters. The number of esters is 2. The molecule has 0 amide bonds. The van der Waals surface area contributed by atoms with E-state index in [0.29, 0.717) is 0 Å². The number of ether oxygens (including phenoxy) is 1. The van der Waals surface area contributed by atoms with Gasteiger partial charge in [0, 0.05) is 13.8 Å². The topological polar surface area (TPSA) is 94.6 Å². The van der Waals surface area contributed by atoms with Gasteiger partial charge >= 0.3 is 46.7 Å². The molecule has 7 heteroatoms. The predicted octanol–water partition coefficient (Wildman–Crippen LogP) is -1.13. The molecule has 0 heterocycles. The van der Waals surface area contributed by atoms with E-state index in [0.717, 1.165) is 13.8 Å². The number of Topliss-reactive ketones (excluding diaryl/α,β-unsaturated/α-hetero) is 1. The van der Waals surface area contributed by atoms with Crippen LogP contribution in [0.1, 0.15) is 13.8 Å². The van der Waals surface area contributed by atoms with Crippen LogP contribution in [0.25, 0.3) is 0 Å². The SMILES string of the molecule is CC(=O)OC(=O)C(C)=O.O=[C]=[Rh]=[C]=O. The van der Waals surface area contributed by atoms with Crippen molar-refractivity contribution in [2.75, 3.05) is 0 Å². The summed E-state index contributed by atoms with van der Waals surface area (Å²) in [6, 6.07) is 0. The van der Waals surface area contributed by atoms with Gasteiger partial charge in [-0.05, 0) is 0 Å². The quantitative estimate of drug-likeness (QED) is 0.262. The van der Waals surface area contributed by atoms with Crippen LogP contribution in [0.4, 0.5) is 0 Å². The fourth-order valence-electron chi connectivity index (χ4n) is 0.216. The Bertz CT molecular complexity index is 329. The number of hydrogen-bond acceptors (Lipinski definition) is 6. The molecular formula is C7H6O6Rh. The molecule has 0 fully saturated rings. The zero-order valence-electron chi connectivity index (χ0n) is 7.28. The van der Waals surface area contributed by atoms with Crippen molar-refractivity contribution in [3.63, 3.8) is 0 Å². The van der Waals surface area contributed by atoms with Crippen molar-refractivity contribution >= 4 is 26.7 Å². The number of rotatable bonds is 1. The van der Waals surface area contributed by atoms with Crippen LogP contribution in [0.3, 0.4) is 0 Å². The Balaban J connectivity index is 0. The van der Waals surface area contributed by atoms with E-state index in [4.69, 9.17) is 9.59 Å². The number of hydrogen-bond donors (Lipinski definition) is 0. The van der Waals surface area contributed by atoms with Crippen LogP contribution in [-0.4, -0.2) is 26.7 Å². The van der Waals surface area contributed by atoms with Crippen molar-refractivity contribution in [3.05, 3.63) is 0 Å². The normalized spacial score (nSPS) is 7.00. The van der Waals surface area contributed by atoms with Crippen LogP contribution in [0.5, 0.6) is 0 Å². The molecule has 0 aliphatic heterocycles. The molecule has 0 aliphatic carbocycles. The van der Waals surface area contributed by atoms with E-state index in [9.17, 15) is 14.4 Å². The number of carbonyl (C=O) groups excluding carboxylic acids is 5.